The van der Waals surface area contributed by atoms with Crippen molar-refractivity contribution in [2.45, 2.75) is 0 Å². The van der Waals surface area contributed by atoms with Gasteiger partial charge in [0.2, 0.25) is 5.58 Å². The Kier molecular flexibility index (Phi) is 2.84. The molecule has 9 heavy (non-hydrogen) atoms. The van der Waals surface area contributed by atoms with Crippen LogP contribution in [0.1, 0.15) is 0 Å². The van der Waals surface area contributed by atoms with Crippen LogP contribution in [0.4, 0.5) is 0 Å². The molecule has 0 radical (unpaired) electrons. The Balaban J connectivity index is 4.30. The molecule has 0 amide bonds. The van der Waals surface area contributed by atoms with E-state index in [0.29, 0.717) is 0 Å². The van der Waals surface area contributed by atoms with Crippen molar-refractivity contribution in [3.8, 4) is 0 Å². The summed E-state index contributed by atoms with van der Waals surface area (Å²) in [5.41, 5.74) is 4.29. The summed E-state index contributed by atoms with van der Waals surface area (Å²) in [7, 11) is -1.05. The van der Waals surface area contributed by atoms with Crippen LogP contribution in [0.3, 0.4) is 0 Å². The van der Waals surface area contributed by atoms with Gasteiger partial charge in [-0.2, -0.15) is 0 Å². The molecular formula is C3H9N2O3P. The van der Waals surface area contributed by atoms with E-state index in [9.17, 15) is 4.57 Å². The second kappa shape index (κ2) is 2.96. The molecule has 0 aliphatic rings. The summed E-state index contributed by atoms with van der Waals surface area (Å²) in [6.07, 6.45) is 0. The predicted octanol–water partition coefficient (Wildman–Crippen LogP) is 0.366. The fourth-order valence-corrected chi connectivity index (χ4v) is 0.814. The van der Waals surface area contributed by atoms with E-state index in [0.717, 1.165) is 0 Å². The molecule has 6 heteroatoms. The first-order valence-corrected chi connectivity index (χ1v) is 3.67. The summed E-state index contributed by atoms with van der Waals surface area (Å²) in [6, 6.07) is 0. The van der Waals surface area contributed by atoms with Crippen LogP contribution in [0.15, 0.2) is 0 Å². The maximum Gasteiger partial charge on any atom is 0.394 e. The van der Waals surface area contributed by atoms with Gasteiger partial charge in [-0.15, -0.1) is 0 Å². The average Bonchev–Trinajstić information content (AvgIpc) is 1.86. The third-order valence-electron chi connectivity index (χ3n) is 0.776. The van der Waals surface area contributed by atoms with Crippen LogP contribution >= 0.6 is 7.60 Å². The zero-order valence-electron chi connectivity index (χ0n) is 5.25. The number of nitrogens with one attached hydrogen (secondary N) is 1. The van der Waals surface area contributed by atoms with Crippen molar-refractivity contribution in [1.29, 1.82) is 5.41 Å². The van der Waals surface area contributed by atoms with Gasteiger partial charge in [-0.1, -0.05) is 0 Å². The number of amidine groups is 1. The first kappa shape index (κ1) is 8.62. The minimum atomic E-state index is -3.39. The zero-order valence-corrected chi connectivity index (χ0v) is 6.14. The SMILES string of the molecule is COP(=O)(OC)C(=N)N. The lowest BCUT2D eigenvalue weighted by molar-refractivity contribution is 0.289. The van der Waals surface area contributed by atoms with Crippen molar-refractivity contribution < 1.29 is 13.6 Å². The summed E-state index contributed by atoms with van der Waals surface area (Å²) >= 11 is 0. The second-order valence-corrected chi connectivity index (χ2v) is 3.45. The maximum atomic E-state index is 10.9. The van der Waals surface area contributed by atoms with Gasteiger partial charge in [-0.3, -0.25) is 9.97 Å². The van der Waals surface area contributed by atoms with Crippen molar-refractivity contribution in [3.05, 3.63) is 0 Å². The minimum absolute atomic E-state index is 0.576. The molecule has 0 fully saturated rings. The van der Waals surface area contributed by atoms with Crippen molar-refractivity contribution >= 4 is 13.2 Å². The summed E-state index contributed by atoms with van der Waals surface area (Å²) < 4.78 is 19.5. The van der Waals surface area contributed by atoms with E-state index in [-0.39, 0.29) is 0 Å². The van der Waals surface area contributed by atoms with E-state index in [1.165, 1.54) is 14.2 Å². The van der Waals surface area contributed by atoms with Crippen molar-refractivity contribution in [3.63, 3.8) is 0 Å². The molecule has 0 saturated heterocycles. The smallest absolute Gasteiger partial charge is 0.377 e. The molecule has 0 aliphatic carbocycles. The standard InChI is InChI=1S/C3H9N2O3P/c1-7-9(6,8-2)3(4)5/h1-2H3,(H3,4,5). The predicted molar refractivity (Wildman–Crippen MR) is 33.5 cm³/mol. The monoisotopic (exact) mass is 152 g/mol. The van der Waals surface area contributed by atoms with Crippen molar-refractivity contribution in [2.75, 3.05) is 14.2 Å². The molecular weight excluding hydrogens is 143 g/mol. The normalized spacial score (nSPS) is 11.3. The highest BCUT2D eigenvalue weighted by Gasteiger charge is 2.24. The van der Waals surface area contributed by atoms with Crippen LogP contribution in [-0.2, 0) is 13.6 Å². The van der Waals surface area contributed by atoms with Gasteiger partial charge in [0, 0.05) is 14.2 Å². The fourth-order valence-electron chi connectivity index (χ4n) is 0.271. The van der Waals surface area contributed by atoms with E-state index < -0.39 is 13.2 Å². The highest BCUT2D eigenvalue weighted by atomic mass is 31.2. The Morgan fingerprint density at radius 1 is 1.56 bits per heavy atom. The quantitative estimate of drug-likeness (QED) is 0.347. The molecule has 0 saturated carbocycles. The van der Waals surface area contributed by atoms with Gasteiger partial charge in [0.15, 0.2) is 0 Å². The van der Waals surface area contributed by atoms with E-state index in [1.54, 1.807) is 0 Å². The lowest BCUT2D eigenvalue weighted by Crippen LogP contribution is -2.12. The second-order valence-electron chi connectivity index (χ2n) is 1.25. The lowest BCUT2D eigenvalue weighted by Gasteiger charge is -2.09. The zero-order chi connectivity index (χ0) is 7.49. The number of hydrogen-bond acceptors (Lipinski definition) is 4. The third kappa shape index (κ3) is 1.78. The highest BCUT2D eigenvalue weighted by molar-refractivity contribution is 7.71. The van der Waals surface area contributed by atoms with Gasteiger partial charge in [0.05, 0.1) is 0 Å². The Labute approximate surface area is 53.2 Å². The van der Waals surface area contributed by atoms with Gasteiger partial charge in [-0.05, 0) is 0 Å². The number of hydrogen-bond donors (Lipinski definition) is 2. The molecule has 5 nitrogen and oxygen atoms in total. The van der Waals surface area contributed by atoms with Crippen LogP contribution in [0.5, 0.6) is 0 Å². The van der Waals surface area contributed by atoms with E-state index in [2.05, 4.69) is 9.05 Å². The van der Waals surface area contributed by atoms with Crippen molar-refractivity contribution in [2.24, 2.45) is 5.73 Å². The average molecular weight is 152 g/mol. The summed E-state index contributed by atoms with van der Waals surface area (Å²) in [5.74, 6) is 0. The van der Waals surface area contributed by atoms with Gasteiger partial charge >= 0.3 is 7.60 Å². The Hall–Kier alpha value is -0.380. The van der Waals surface area contributed by atoms with Crippen LogP contribution in [0.25, 0.3) is 0 Å². The first-order valence-electron chi connectivity index (χ1n) is 2.13. The first-order chi connectivity index (χ1) is 4.06. The summed E-state index contributed by atoms with van der Waals surface area (Å²) in [4.78, 5) is 0. The van der Waals surface area contributed by atoms with Crippen LogP contribution < -0.4 is 5.73 Å². The van der Waals surface area contributed by atoms with Gasteiger partial charge in [-0.25, -0.2) is 0 Å². The molecule has 54 valence electrons. The molecule has 0 aliphatic heterocycles. The molecule has 0 spiro atoms. The molecule has 0 aromatic heterocycles. The summed E-state index contributed by atoms with van der Waals surface area (Å²) in [5, 5.41) is 6.71. The van der Waals surface area contributed by atoms with Crippen LogP contribution in [0.2, 0.25) is 0 Å². The number of rotatable bonds is 3. The number of nitrogens with two attached hydrogens (primary N) is 1. The van der Waals surface area contributed by atoms with Crippen LogP contribution in [0, 0.1) is 5.41 Å². The fraction of sp³-hybridized carbons (Fsp3) is 0.667. The van der Waals surface area contributed by atoms with Gasteiger partial charge in [0.1, 0.15) is 0 Å². The highest BCUT2D eigenvalue weighted by Crippen LogP contribution is 2.45. The van der Waals surface area contributed by atoms with E-state index >= 15 is 0 Å². The molecule has 0 atom stereocenters. The lowest BCUT2D eigenvalue weighted by atomic mass is 11.4. The van der Waals surface area contributed by atoms with Crippen LogP contribution in [-0.4, -0.2) is 19.8 Å². The van der Waals surface area contributed by atoms with E-state index in [1.807, 2.05) is 0 Å². The molecule has 3 N–H and O–H groups in total. The molecule has 0 rings (SSSR count). The Morgan fingerprint density at radius 3 is 1.89 bits per heavy atom. The van der Waals surface area contributed by atoms with Gasteiger partial charge in [0.25, 0.3) is 0 Å². The van der Waals surface area contributed by atoms with Gasteiger partial charge < -0.3 is 14.8 Å². The molecule has 0 bridgehead atoms. The van der Waals surface area contributed by atoms with Crippen molar-refractivity contribution in [1.82, 2.24) is 0 Å². The maximum absolute atomic E-state index is 10.9. The topological polar surface area (TPSA) is 85.4 Å². The minimum Gasteiger partial charge on any atom is -0.377 e. The third-order valence-corrected chi connectivity index (χ3v) is 2.33. The Bertz CT molecular complexity index is 149. The molecule has 0 aromatic carbocycles. The molecule has 0 aromatic rings. The largest absolute Gasteiger partial charge is 0.394 e. The molecule has 0 heterocycles. The molecule has 0 unspecified atom stereocenters. The summed E-state index contributed by atoms with van der Waals surface area (Å²) in [6.45, 7) is 0. The van der Waals surface area contributed by atoms with E-state index in [4.69, 9.17) is 11.1 Å². The Morgan fingerprint density at radius 2 is 1.89 bits per heavy atom.